The number of benzene rings is 3. The number of hydrogen-bond acceptors (Lipinski definition) is 4. The molecule has 3 rings (SSSR count). The maximum absolute atomic E-state index is 12.0. The Morgan fingerprint density at radius 1 is 0.871 bits per heavy atom. The lowest BCUT2D eigenvalue weighted by atomic mass is 10.0. The number of anilines is 1. The van der Waals surface area contributed by atoms with Crippen molar-refractivity contribution in [2.75, 3.05) is 11.9 Å². The molecule has 158 valence electrons. The molecule has 0 aromatic heterocycles. The zero-order valence-electron chi connectivity index (χ0n) is 17.6. The van der Waals surface area contributed by atoms with Crippen LogP contribution in [0.4, 0.5) is 5.69 Å². The molecule has 0 atom stereocenters. The van der Waals surface area contributed by atoms with Gasteiger partial charge in [0.2, 0.25) is 0 Å². The highest BCUT2D eigenvalue weighted by Gasteiger charge is 2.06. The normalized spacial score (nSPS) is 10.8. The minimum Gasteiger partial charge on any atom is -0.457 e. The van der Waals surface area contributed by atoms with Gasteiger partial charge in [0, 0.05) is 11.8 Å². The summed E-state index contributed by atoms with van der Waals surface area (Å²) in [6.45, 7) is 3.89. The first-order chi connectivity index (χ1) is 15.0. The smallest absolute Gasteiger partial charge is 0.331 e. The lowest BCUT2D eigenvalue weighted by molar-refractivity contribution is -0.142. The van der Waals surface area contributed by atoms with Crippen LogP contribution >= 0.6 is 0 Å². The Balaban J connectivity index is 1.43. The highest BCUT2D eigenvalue weighted by molar-refractivity contribution is 5.94. The van der Waals surface area contributed by atoms with Gasteiger partial charge in [0.25, 0.3) is 5.91 Å². The Kier molecular flexibility index (Phi) is 7.60. The largest absolute Gasteiger partial charge is 0.457 e. The van der Waals surface area contributed by atoms with Gasteiger partial charge in [-0.15, -0.1) is 0 Å². The lowest BCUT2D eigenvalue weighted by Crippen LogP contribution is -2.20. The number of nitrogens with one attached hydrogen (secondary N) is 1. The molecule has 0 saturated carbocycles. The van der Waals surface area contributed by atoms with Crippen molar-refractivity contribution in [1.82, 2.24) is 0 Å². The van der Waals surface area contributed by atoms with Crippen LogP contribution in [-0.4, -0.2) is 18.5 Å². The average Bonchev–Trinajstić information content (AvgIpc) is 2.78. The van der Waals surface area contributed by atoms with Gasteiger partial charge in [-0.25, -0.2) is 4.79 Å². The summed E-state index contributed by atoms with van der Waals surface area (Å²) in [6.07, 6.45) is 2.98. The van der Waals surface area contributed by atoms with Crippen LogP contribution in [0.15, 0.2) is 84.9 Å². The van der Waals surface area contributed by atoms with Crippen LogP contribution in [0.2, 0.25) is 0 Å². The third kappa shape index (κ3) is 7.16. The van der Waals surface area contributed by atoms with Crippen molar-refractivity contribution in [3.63, 3.8) is 0 Å². The van der Waals surface area contributed by atoms with Gasteiger partial charge in [0.1, 0.15) is 11.5 Å². The van der Waals surface area contributed by atoms with Crippen LogP contribution in [0.3, 0.4) is 0 Å². The molecule has 0 bridgehead atoms. The van der Waals surface area contributed by atoms with Crippen molar-refractivity contribution < 1.29 is 19.1 Å². The molecule has 0 aliphatic rings. The number of esters is 1. The van der Waals surface area contributed by atoms with Crippen LogP contribution in [-0.2, 0) is 14.3 Å². The van der Waals surface area contributed by atoms with E-state index in [1.54, 1.807) is 30.3 Å². The van der Waals surface area contributed by atoms with E-state index in [2.05, 4.69) is 19.2 Å². The van der Waals surface area contributed by atoms with E-state index >= 15 is 0 Å². The summed E-state index contributed by atoms with van der Waals surface area (Å²) in [7, 11) is 0. The quantitative estimate of drug-likeness (QED) is 0.373. The van der Waals surface area contributed by atoms with Crippen LogP contribution in [0.1, 0.15) is 30.9 Å². The number of amides is 1. The maximum atomic E-state index is 12.0. The van der Waals surface area contributed by atoms with Gasteiger partial charge in [-0.1, -0.05) is 56.3 Å². The molecule has 0 heterocycles. The highest BCUT2D eigenvalue weighted by Crippen LogP contribution is 2.22. The molecular weight excluding hydrogens is 390 g/mol. The molecule has 3 aromatic carbocycles. The Hall–Kier alpha value is -3.86. The van der Waals surface area contributed by atoms with Gasteiger partial charge in [-0.2, -0.15) is 0 Å². The van der Waals surface area contributed by atoms with Crippen molar-refractivity contribution in [1.29, 1.82) is 0 Å². The van der Waals surface area contributed by atoms with E-state index in [-0.39, 0.29) is 6.61 Å². The van der Waals surface area contributed by atoms with Crippen LogP contribution < -0.4 is 10.1 Å². The number of ether oxygens (including phenoxy) is 2. The number of hydrogen-bond donors (Lipinski definition) is 1. The molecule has 0 unspecified atom stereocenters. The van der Waals surface area contributed by atoms with E-state index in [0.29, 0.717) is 17.4 Å². The second-order valence-corrected chi connectivity index (χ2v) is 7.25. The molecule has 0 radical (unpaired) electrons. The summed E-state index contributed by atoms with van der Waals surface area (Å²) < 4.78 is 10.7. The first-order valence-electron chi connectivity index (χ1n) is 10.1. The van der Waals surface area contributed by atoms with Gasteiger partial charge in [0.05, 0.1) is 0 Å². The molecule has 0 aliphatic heterocycles. The summed E-state index contributed by atoms with van der Waals surface area (Å²) in [6, 6.07) is 24.3. The molecule has 1 amide bonds. The standard InChI is InChI=1S/C26H25NO4/c1-19(2)21-11-8-20(9-12-21)10-17-26(29)30-18-25(28)27-22-13-15-24(16-14-22)31-23-6-4-3-5-7-23/h3-17,19H,18H2,1-2H3,(H,27,28). The van der Waals surface area contributed by atoms with Gasteiger partial charge < -0.3 is 14.8 Å². The van der Waals surface area contributed by atoms with Crippen molar-refractivity contribution in [3.8, 4) is 11.5 Å². The molecule has 0 spiro atoms. The van der Waals surface area contributed by atoms with Crippen LogP contribution in [0.25, 0.3) is 6.08 Å². The van der Waals surface area contributed by atoms with Gasteiger partial charge in [0.15, 0.2) is 6.61 Å². The van der Waals surface area contributed by atoms with Gasteiger partial charge >= 0.3 is 5.97 Å². The predicted octanol–water partition coefficient (Wildman–Crippen LogP) is 5.80. The molecule has 0 fully saturated rings. The van der Waals surface area contributed by atoms with Gasteiger partial charge in [-0.3, -0.25) is 4.79 Å². The fraction of sp³-hybridized carbons (Fsp3) is 0.154. The summed E-state index contributed by atoms with van der Waals surface area (Å²) in [5.74, 6) is 0.848. The van der Waals surface area contributed by atoms with E-state index in [9.17, 15) is 9.59 Å². The number of carbonyl (C=O) groups excluding carboxylic acids is 2. The molecule has 5 nitrogen and oxygen atoms in total. The van der Waals surface area contributed by atoms with Crippen molar-refractivity contribution >= 4 is 23.6 Å². The molecule has 1 N–H and O–H groups in total. The van der Waals surface area contributed by atoms with E-state index < -0.39 is 11.9 Å². The minimum absolute atomic E-state index is 0.363. The zero-order chi connectivity index (χ0) is 22.1. The van der Waals surface area contributed by atoms with Crippen LogP contribution in [0.5, 0.6) is 11.5 Å². The zero-order valence-corrected chi connectivity index (χ0v) is 17.6. The SMILES string of the molecule is CC(C)c1ccc(C=CC(=O)OCC(=O)Nc2ccc(Oc3ccccc3)cc2)cc1. The first-order valence-corrected chi connectivity index (χ1v) is 10.1. The molecular formula is C26H25NO4. The average molecular weight is 415 g/mol. The Labute approximate surface area is 182 Å². The van der Waals surface area contributed by atoms with Crippen molar-refractivity contribution in [2.45, 2.75) is 19.8 Å². The Bertz CT molecular complexity index is 1020. The topological polar surface area (TPSA) is 64.6 Å². The molecule has 0 saturated heterocycles. The Morgan fingerprint density at radius 3 is 2.16 bits per heavy atom. The van der Waals surface area contributed by atoms with Gasteiger partial charge in [-0.05, 0) is 59.5 Å². The third-order valence-corrected chi connectivity index (χ3v) is 4.48. The summed E-state index contributed by atoms with van der Waals surface area (Å²) in [5, 5.41) is 2.68. The first kappa shape index (κ1) is 21.8. The van der Waals surface area contributed by atoms with Crippen molar-refractivity contribution in [3.05, 3.63) is 96.1 Å². The summed E-state index contributed by atoms with van der Waals surface area (Å²) in [5.41, 5.74) is 2.71. The molecule has 31 heavy (non-hydrogen) atoms. The second-order valence-electron chi connectivity index (χ2n) is 7.25. The summed E-state index contributed by atoms with van der Waals surface area (Å²) >= 11 is 0. The number of carbonyl (C=O) groups is 2. The third-order valence-electron chi connectivity index (χ3n) is 4.48. The van der Waals surface area contributed by atoms with E-state index in [4.69, 9.17) is 9.47 Å². The van der Waals surface area contributed by atoms with E-state index in [1.165, 1.54) is 11.6 Å². The maximum Gasteiger partial charge on any atom is 0.331 e. The van der Waals surface area contributed by atoms with E-state index in [0.717, 1.165) is 11.3 Å². The summed E-state index contributed by atoms with van der Waals surface area (Å²) in [4.78, 5) is 23.9. The monoisotopic (exact) mass is 415 g/mol. The van der Waals surface area contributed by atoms with Crippen molar-refractivity contribution in [2.24, 2.45) is 0 Å². The number of rotatable bonds is 8. The molecule has 0 aliphatic carbocycles. The highest BCUT2D eigenvalue weighted by atomic mass is 16.5. The Morgan fingerprint density at radius 2 is 1.52 bits per heavy atom. The molecule has 3 aromatic rings. The lowest BCUT2D eigenvalue weighted by Gasteiger charge is -2.08. The predicted molar refractivity (Wildman–Crippen MR) is 122 cm³/mol. The fourth-order valence-electron chi connectivity index (χ4n) is 2.77. The van der Waals surface area contributed by atoms with E-state index in [1.807, 2.05) is 54.6 Å². The number of para-hydroxylation sites is 1. The minimum atomic E-state index is -0.574. The fourth-order valence-corrected chi connectivity index (χ4v) is 2.77. The second kappa shape index (κ2) is 10.8. The van der Waals surface area contributed by atoms with Crippen LogP contribution in [0, 0.1) is 0 Å². The molecule has 5 heteroatoms.